The van der Waals surface area contributed by atoms with Crippen molar-refractivity contribution >= 4 is 8.32 Å². The van der Waals surface area contributed by atoms with Crippen LogP contribution in [0.5, 0.6) is 11.5 Å². The van der Waals surface area contributed by atoms with E-state index in [1.165, 1.54) is 72.8 Å². The lowest BCUT2D eigenvalue weighted by Crippen LogP contribution is -2.44. The minimum atomic E-state index is -1.92. The number of benzene rings is 1. The topological polar surface area (TPSA) is 18.5 Å². The van der Waals surface area contributed by atoms with E-state index in [1.54, 1.807) is 11.1 Å². The molecule has 0 spiro atoms. The van der Waals surface area contributed by atoms with E-state index >= 15 is 0 Å². The fourth-order valence-corrected chi connectivity index (χ4v) is 7.23. The van der Waals surface area contributed by atoms with Crippen LogP contribution < -0.4 is 9.16 Å². The average molecular weight is 579 g/mol. The smallest absolute Gasteiger partial charge is 0.250 e. The van der Waals surface area contributed by atoms with Gasteiger partial charge in [0.2, 0.25) is 0 Å². The zero-order chi connectivity index (χ0) is 30.4. The van der Waals surface area contributed by atoms with Crippen LogP contribution in [0.3, 0.4) is 0 Å². The highest BCUT2D eigenvalue weighted by molar-refractivity contribution is 6.74. The third-order valence-corrected chi connectivity index (χ3v) is 14.7. The van der Waals surface area contributed by atoms with E-state index in [1.807, 2.05) is 0 Å². The summed E-state index contributed by atoms with van der Waals surface area (Å²) in [5, 5.41) is 0.178. The van der Waals surface area contributed by atoms with Crippen LogP contribution in [0.1, 0.15) is 141 Å². The summed E-state index contributed by atoms with van der Waals surface area (Å²) in [6, 6.07) is 0. The quantitative estimate of drug-likeness (QED) is 0.192. The molecule has 3 rings (SSSR count). The third kappa shape index (κ3) is 9.12. The van der Waals surface area contributed by atoms with Gasteiger partial charge in [0, 0.05) is 5.56 Å². The first-order valence-corrected chi connectivity index (χ1v) is 19.5. The molecule has 0 amide bonds. The number of ether oxygens (including phenoxy) is 1. The minimum absolute atomic E-state index is 0.113. The normalized spacial score (nSPS) is 20.5. The molecule has 3 heteroatoms. The SMILES string of the molecule is C/C(=C\CC/C(C)=C/CCC1(C)CCc2c(C)c(O[Si](C)(C)C(C)(C)C)c(C)c(C)c2O1)CCC=C1CCCCC1. The molecule has 0 bridgehead atoms. The molecule has 1 saturated carbocycles. The van der Waals surface area contributed by atoms with Gasteiger partial charge in [0.15, 0.2) is 0 Å². The molecule has 1 atom stereocenters. The summed E-state index contributed by atoms with van der Waals surface area (Å²) in [5.41, 5.74) is 9.82. The molecule has 0 radical (unpaired) electrons. The van der Waals surface area contributed by atoms with E-state index < -0.39 is 8.32 Å². The first-order chi connectivity index (χ1) is 19.1. The van der Waals surface area contributed by atoms with E-state index in [0.717, 1.165) is 50.0 Å². The third-order valence-electron chi connectivity index (χ3n) is 10.4. The van der Waals surface area contributed by atoms with Crippen LogP contribution in [0.15, 0.2) is 34.9 Å². The number of rotatable bonds is 11. The van der Waals surface area contributed by atoms with Crippen molar-refractivity contribution in [1.82, 2.24) is 0 Å². The van der Waals surface area contributed by atoms with Crippen LogP contribution in [-0.4, -0.2) is 13.9 Å². The second kappa shape index (κ2) is 14.2. The van der Waals surface area contributed by atoms with Crippen LogP contribution in [0.4, 0.5) is 0 Å². The summed E-state index contributed by atoms with van der Waals surface area (Å²) in [6.07, 6.45) is 23.4. The van der Waals surface area contributed by atoms with Gasteiger partial charge in [0.25, 0.3) is 8.32 Å². The molecule has 1 unspecified atom stereocenters. The molecule has 1 aliphatic heterocycles. The highest BCUT2D eigenvalue weighted by Gasteiger charge is 2.41. The molecule has 41 heavy (non-hydrogen) atoms. The summed E-state index contributed by atoms with van der Waals surface area (Å²) >= 11 is 0. The Morgan fingerprint density at radius 1 is 0.854 bits per heavy atom. The van der Waals surface area contributed by atoms with Gasteiger partial charge in [-0.15, -0.1) is 0 Å². The van der Waals surface area contributed by atoms with Crippen molar-refractivity contribution in [1.29, 1.82) is 0 Å². The highest BCUT2D eigenvalue weighted by Crippen LogP contribution is 2.47. The minimum Gasteiger partial charge on any atom is -0.543 e. The Hall–Kier alpha value is -1.74. The van der Waals surface area contributed by atoms with Crippen molar-refractivity contribution in [2.24, 2.45) is 0 Å². The Labute approximate surface area is 255 Å². The fraction of sp³-hybridized carbons (Fsp3) is 0.684. The van der Waals surface area contributed by atoms with Crippen molar-refractivity contribution in [3.63, 3.8) is 0 Å². The van der Waals surface area contributed by atoms with Crippen molar-refractivity contribution < 1.29 is 9.16 Å². The Morgan fingerprint density at radius 2 is 1.46 bits per heavy atom. The van der Waals surface area contributed by atoms with Gasteiger partial charge in [-0.25, -0.2) is 0 Å². The standard InChI is InChI=1S/C38H62O2Si/c1-28(20-16-24-33-22-13-12-14-23-33)18-15-19-29(2)21-17-26-38(9)27-25-34-32(5)35(30(3)31(4)36(34)39-38)40-41(10,11)37(6,7)8/h18,21,24H,12-17,19-20,22-23,25-27H2,1-11H3/b28-18+,29-21+. The number of hydrogen-bond acceptors (Lipinski definition) is 2. The average Bonchev–Trinajstić information content (AvgIpc) is 2.90. The summed E-state index contributed by atoms with van der Waals surface area (Å²) < 4.78 is 13.7. The lowest BCUT2D eigenvalue weighted by molar-refractivity contribution is 0.0559. The molecule has 1 aromatic carbocycles. The largest absolute Gasteiger partial charge is 0.543 e. The van der Waals surface area contributed by atoms with Gasteiger partial charge in [-0.2, -0.15) is 0 Å². The summed E-state index contributed by atoms with van der Waals surface area (Å²) in [4.78, 5) is 0. The van der Waals surface area contributed by atoms with Gasteiger partial charge < -0.3 is 9.16 Å². The predicted molar refractivity (Wildman–Crippen MR) is 182 cm³/mol. The first-order valence-electron chi connectivity index (χ1n) is 16.6. The van der Waals surface area contributed by atoms with Gasteiger partial charge >= 0.3 is 0 Å². The molecule has 1 aromatic rings. The Balaban J connectivity index is 1.54. The van der Waals surface area contributed by atoms with E-state index in [0.29, 0.717) is 0 Å². The Bertz CT molecular complexity index is 1140. The molecule has 2 nitrogen and oxygen atoms in total. The molecular formula is C38H62O2Si. The summed E-state index contributed by atoms with van der Waals surface area (Å²) in [6.45, 7) is 25.3. The molecule has 0 saturated heterocycles. The molecule has 2 aliphatic rings. The zero-order valence-corrected chi connectivity index (χ0v) is 29.7. The molecule has 0 aromatic heterocycles. The lowest BCUT2D eigenvalue weighted by atomic mass is 9.85. The van der Waals surface area contributed by atoms with Crippen molar-refractivity contribution in [3.8, 4) is 11.5 Å². The number of fused-ring (bicyclic) bond motifs is 1. The zero-order valence-electron chi connectivity index (χ0n) is 28.7. The summed E-state index contributed by atoms with van der Waals surface area (Å²) in [5.74, 6) is 2.24. The van der Waals surface area contributed by atoms with E-state index in [2.05, 4.69) is 93.6 Å². The Morgan fingerprint density at radius 3 is 2.10 bits per heavy atom. The molecule has 1 aliphatic carbocycles. The van der Waals surface area contributed by atoms with E-state index in [-0.39, 0.29) is 10.6 Å². The number of allylic oxidation sites excluding steroid dienone is 6. The molecule has 230 valence electrons. The molecule has 1 fully saturated rings. The van der Waals surface area contributed by atoms with Crippen molar-refractivity contribution in [3.05, 3.63) is 57.2 Å². The second-order valence-electron chi connectivity index (χ2n) is 15.1. The maximum Gasteiger partial charge on any atom is 0.250 e. The van der Waals surface area contributed by atoms with E-state index in [9.17, 15) is 0 Å². The van der Waals surface area contributed by atoms with E-state index in [4.69, 9.17) is 9.16 Å². The van der Waals surface area contributed by atoms with Gasteiger partial charge in [-0.1, -0.05) is 62.1 Å². The number of hydrogen-bond donors (Lipinski definition) is 0. The highest BCUT2D eigenvalue weighted by atomic mass is 28.4. The molecular weight excluding hydrogens is 517 g/mol. The van der Waals surface area contributed by atoms with Gasteiger partial charge in [0.1, 0.15) is 17.1 Å². The Kier molecular flexibility index (Phi) is 11.7. The van der Waals surface area contributed by atoms with Crippen molar-refractivity contribution in [2.75, 3.05) is 0 Å². The molecule has 0 N–H and O–H groups in total. The van der Waals surface area contributed by atoms with Crippen LogP contribution >= 0.6 is 0 Å². The second-order valence-corrected chi connectivity index (χ2v) is 19.8. The van der Waals surface area contributed by atoms with Crippen LogP contribution in [0.25, 0.3) is 0 Å². The summed E-state index contributed by atoms with van der Waals surface area (Å²) in [7, 11) is -1.92. The predicted octanol–water partition coefficient (Wildman–Crippen LogP) is 12.2. The molecule has 1 heterocycles. The maximum absolute atomic E-state index is 6.88. The fourth-order valence-electron chi connectivity index (χ4n) is 6.11. The van der Waals surface area contributed by atoms with Crippen LogP contribution in [0.2, 0.25) is 18.1 Å². The van der Waals surface area contributed by atoms with Crippen molar-refractivity contribution in [2.45, 2.75) is 170 Å². The van der Waals surface area contributed by atoms with Crippen LogP contribution in [0, 0.1) is 20.8 Å². The van der Waals surface area contributed by atoms with Gasteiger partial charge in [0.05, 0.1) is 0 Å². The van der Waals surface area contributed by atoms with Gasteiger partial charge in [-0.3, -0.25) is 0 Å². The van der Waals surface area contributed by atoms with Crippen LogP contribution in [-0.2, 0) is 6.42 Å². The maximum atomic E-state index is 6.88. The lowest BCUT2D eigenvalue weighted by Gasteiger charge is -2.41. The first kappa shape index (κ1) is 33.8. The monoisotopic (exact) mass is 578 g/mol. The van der Waals surface area contributed by atoms with Gasteiger partial charge in [-0.05, 0) is 153 Å².